The van der Waals surface area contributed by atoms with Gasteiger partial charge in [0.1, 0.15) is 5.75 Å². The normalized spacial score (nSPS) is 22.3. The Morgan fingerprint density at radius 2 is 2.00 bits per heavy atom. The van der Waals surface area contributed by atoms with Crippen molar-refractivity contribution in [2.24, 2.45) is 16.8 Å². The maximum Gasteiger partial charge on any atom is 0.223 e. The number of benzene rings is 1. The molecule has 1 amide bonds. The number of nitrogens with zero attached hydrogens (tertiary/aromatic N) is 1. The first-order valence-electron chi connectivity index (χ1n) is 11.0. The molecule has 0 radical (unpaired) electrons. The van der Waals surface area contributed by atoms with Crippen molar-refractivity contribution in [3.63, 3.8) is 0 Å². The standard InChI is InChI=1S/C23H36N4O2/c1-16(2)26-22(28)18-8-6-9-20(13-18)27-23(24-3)25-14-19-7-4-5-10-21(19)29-15-17-11-12-17/h4-5,7,10,16-18,20H,6,8-9,11-15H2,1-3H3,(H,26,28)(H2,24,25,27). The van der Waals surface area contributed by atoms with Crippen LogP contribution in [-0.2, 0) is 11.3 Å². The lowest BCUT2D eigenvalue weighted by Crippen LogP contribution is -2.47. The van der Waals surface area contributed by atoms with Gasteiger partial charge < -0.3 is 20.7 Å². The molecule has 3 rings (SSSR count). The molecule has 29 heavy (non-hydrogen) atoms. The van der Waals surface area contributed by atoms with E-state index in [0.717, 1.165) is 55.5 Å². The number of hydrogen-bond donors (Lipinski definition) is 3. The first kappa shape index (κ1) is 21.5. The van der Waals surface area contributed by atoms with Crippen LogP contribution >= 0.6 is 0 Å². The predicted molar refractivity (Wildman–Crippen MR) is 117 cm³/mol. The first-order chi connectivity index (χ1) is 14.0. The number of rotatable bonds is 8. The molecule has 2 saturated carbocycles. The Morgan fingerprint density at radius 3 is 2.72 bits per heavy atom. The van der Waals surface area contributed by atoms with E-state index in [9.17, 15) is 4.79 Å². The quantitative estimate of drug-likeness (QED) is 0.463. The van der Waals surface area contributed by atoms with Crippen molar-refractivity contribution in [1.29, 1.82) is 0 Å². The maximum atomic E-state index is 12.4. The number of nitrogens with one attached hydrogen (secondary N) is 3. The summed E-state index contributed by atoms with van der Waals surface area (Å²) in [5.74, 6) is 2.72. The van der Waals surface area contributed by atoms with Gasteiger partial charge in [-0.15, -0.1) is 0 Å². The third-order valence-electron chi connectivity index (χ3n) is 5.63. The fourth-order valence-corrected chi connectivity index (χ4v) is 3.81. The summed E-state index contributed by atoms with van der Waals surface area (Å²) < 4.78 is 6.00. The van der Waals surface area contributed by atoms with Crippen molar-refractivity contribution < 1.29 is 9.53 Å². The van der Waals surface area contributed by atoms with Gasteiger partial charge in [0.15, 0.2) is 5.96 Å². The van der Waals surface area contributed by atoms with E-state index in [0.29, 0.717) is 6.54 Å². The highest BCUT2D eigenvalue weighted by Gasteiger charge is 2.28. The van der Waals surface area contributed by atoms with Crippen LogP contribution in [-0.4, -0.2) is 37.6 Å². The van der Waals surface area contributed by atoms with Crippen molar-refractivity contribution in [1.82, 2.24) is 16.0 Å². The molecule has 1 aromatic rings. The van der Waals surface area contributed by atoms with Gasteiger partial charge in [-0.1, -0.05) is 24.6 Å². The second-order valence-corrected chi connectivity index (χ2v) is 8.66. The minimum absolute atomic E-state index is 0.0818. The zero-order valence-corrected chi connectivity index (χ0v) is 18.0. The smallest absolute Gasteiger partial charge is 0.223 e. The highest BCUT2D eigenvalue weighted by molar-refractivity contribution is 5.81. The Bertz CT molecular complexity index is 700. The van der Waals surface area contributed by atoms with Gasteiger partial charge in [-0.05, 0) is 57.9 Å². The molecule has 2 aliphatic carbocycles. The van der Waals surface area contributed by atoms with E-state index < -0.39 is 0 Å². The summed E-state index contributed by atoms with van der Waals surface area (Å²) in [5.41, 5.74) is 1.13. The van der Waals surface area contributed by atoms with Crippen molar-refractivity contribution in [2.75, 3.05) is 13.7 Å². The van der Waals surface area contributed by atoms with E-state index in [1.165, 1.54) is 12.8 Å². The van der Waals surface area contributed by atoms with Crippen LogP contribution < -0.4 is 20.7 Å². The molecule has 160 valence electrons. The largest absolute Gasteiger partial charge is 0.493 e. The van der Waals surface area contributed by atoms with Gasteiger partial charge in [0.05, 0.1) is 6.61 Å². The minimum Gasteiger partial charge on any atom is -0.493 e. The third-order valence-corrected chi connectivity index (χ3v) is 5.63. The van der Waals surface area contributed by atoms with Crippen molar-refractivity contribution >= 4 is 11.9 Å². The Kier molecular flexibility index (Phi) is 7.78. The molecule has 0 bridgehead atoms. The predicted octanol–water partition coefficient (Wildman–Crippen LogP) is 3.22. The summed E-state index contributed by atoms with van der Waals surface area (Å²) in [6.07, 6.45) is 6.51. The molecule has 0 aliphatic heterocycles. The highest BCUT2D eigenvalue weighted by Crippen LogP contribution is 2.30. The Balaban J connectivity index is 1.50. The van der Waals surface area contributed by atoms with Crippen LogP contribution in [0, 0.1) is 11.8 Å². The summed E-state index contributed by atoms with van der Waals surface area (Å²) in [6.45, 7) is 5.49. The van der Waals surface area contributed by atoms with Gasteiger partial charge >= 0.3 is 0 Å². The summed E-state index contributed by atoms with van der Waals surface area (Å²) in [6, 6.07) is 8.63. The number of para-hydroxylation sites is 1. The summed E-state index contributed by atoms with van der Waals surface area (Å²) >= 11 is 0. The van der Waals surface area contributed by atoms with Crippen LogP contribution in [0.3, 0.4) is 0 Å². The highest BCUT2D eigenvalue weighted by atomic mass is 16.5. The molecule has 3 N–H and O–H groups in total. The zero-order chi connectivity index (χ0) is 20.6. The monoisotopic (exact) mass is 400 g/mol. The number of carbonyl (C=O) groups is 1. The van der Waals surface area contributed by atoms with Gasteiger partial charge in [-0.2, -0.15) is 0 Å². The van der Waals surface area contributed by atoms with E-state index in [-0.39, 0.29) is 23.9 Å². The molecular formula is C23H36N4O2. The van der Waals surface area contributed by atoms with Gasteiger partial charge in [-0.25, -0.2) is 0 Å². The first-order valence-corrected chi connectivity index (χ1v) is 11.0. The number of guanidine groups is 1. The van der Waals surface area contributed by atoms with E-state index in [4.69, 9.17) is 4.74 Å². The molecule has 1 aromatic carbocycles. The molecule has 0 saturated heterocycles. The zero-order valence-electron chi connectivity index (χ0n) is 18.0. The molecule has 2 fully saturated rings. The average molecular weight is 401 g/mol. The molecule has 0 aromatic heterocycles. The molecule has 6 nitrogen and oxygen atoms in total. The van der Waals surface area contributed by atoms with Crippen LogP contribution in [0.4, 0.5) is 0 Å². The van der Waals surface area contributed by atoms with Crippen molar-refractivity contribution in [3.8, 4) is 5.75 Å². The number of ether oxygens (including phenoxy) is 1. The molecule has 6 heteroatoms. The van der Waals surface area contributed by atoms with E-state index >= 15 is 0 Å². The molecule has 0 spiro atoms. The number of aliphatic imine (C=N–C) groups is 1. The lowest BCUT2D eigenvalue weighted by Gasteiger charge is -2.30. The molecule has 2 unspecified atom stereocenters. The lowest BCUT2D eigenvalue weighted by atomic mass is 9.85. The average Bonchev–Trinajstić information content (AvgIpc) is 3.54. The SMILES string of the molecule is CN=C(NCc1ccccc1OCC1CC1)NC1CCCC(C(=O)NC(C)C)C1. The van der Waals surface area contributed by atoms with Crippen LogP contribution in [0.5, 0.6) is 5.75 Å². The van der Waals surface area contributed by atoms with Crippen LogP contribution in [0.15, 0.2) is 29.3 Å². The van der Waals surface area contributed by atoms with E-state index in [2.05, 4.69) is 27.0 Å². The van der Waals surface area contributed by atoms with Gasteiger partial charge in [0, 0.05) is 37.2 Å². The second-order valence-electron chi connectivity index (χ2n) is 8.66. The third kappa shape index (κ3) is 6.94. The van der Waals surface area contributed by atoms with Crippen LogP contribution in [0.2, 0.25) is 0 Å². The van der Waals surface area contributed by atoms with Gasteiger partial charge in [0.25, 0.3) is 0 Å². The summed E-state index contributed by atoms with van der Waals surface area (Å²) in [4.78, 5) is 16.8. The fourth-order valence-electron chi connectivity index (χ4n) is 3.81. The second kappa shape index (κ2) is 10.5. The lowest BCUT2D eigenvalue weighted by molar-refractivity contribution is -0.126. The Labute approximate surface area is 174 Å². The fraction of sp³-hybridized carbons (Fsp3) is 0.652. The Hall–Kier alpha value is -2.24. The van der Waals surface area contributed by atoms with Crippen molar-refractivity contribution in [2.45, 2.75) is 71.0 Å². The van der Waals surface area contributed by atoms with Crippen LogP contribution in [0.25, 0.3) is 0 Å². The topological polar surface area (TPSA) is 74.8 Å². The van der Waals surface area contributed by atoms with Crippen molar-refractivity contribution in [3.05, 3.63) is 29.8 Å². The van der Waals surface area contributed by atoms with E-state index in [1.54, 1.807) is 7.05 Å². The number of hydrogen-bond acceptors (Lipinski definition) is 3. The van der Waals surface area contributed by atoms with Gasteiger partial charge in [0.2, 0.25) is 5.91 Å². The molecule has 2 atom stereocenters. The number of carbonyl (C=O) groups excluding carboxylic acids is 1. The van der Waals surface area contributed by atoms with Crippen LogP contribution in [0.1, 0.15) is 57.9 Å². The number of amides is 1. The minimum atomic E-state index is 0.0818. The Morgan fingerprint density at radius 1 is 1.21 bits per heavy atom. The van der Waals surface area contributed by atoms with E-state index in [1.807, 2.05) is 32.0 Å². The molecular weight excluding hydrogens is 364 g/mol. The summed E-state index contributed by atoms with van der Waals surface area (Å²) in [7, 11) is 1.79. The summed E-state index contributed by atoms with van der Waals surface area (Å²) in [5, 5.41) is 9.97. The molecule has 2 aliphatic rings. The maximum absolute atomic E-state index is 12.4. The van der Waals surface area contributed by atoms with Gasteiger partial charge in [-0.3, -0.25) is 9.79 Å². The molecule has 0 heterocycles.